The van der Waals surface area contributed by atoms with Crippen molar-refractivity contribution in [1.82, 2.24) is 4.31 Å². The van der Waals surface area contributed by atoms with Crippen LogP contribution in [-0.2, 0) is 14.8 Å². The molecule has 0 amide bonds. The van der Waals surface area contributed by atoms with Gasteiger partial charge in [0, 0.05) is 15.1 Å². The van der Waals surface area contributed by atoms with E-state index in [-0.39, 0.29) is 16.9 Å². The summed E-state index contributed by atoms with van der Waals surface area (Å²) in [5.74, 6) is -1.19. The molecule has 0 saturated heterocycles. The van der Waals surface area contributed by atoms with Crippen molar-refractivity contribution >= 4 is 50.8 Å². The van der Waals surface area contributed by atoms with E-state index in [1.165, 1.54) is 28.6 Å². The van der Waals surface area contributed by atoms with Crippen molar-refractivity contribution in [3.8, 4) is 0 Å². The summed E-state index contributed by atoms with van der Waals surface area (Å²) in [4.78, 5) is 12.2. The van der Waals surface area contributed by atoms with Crippen LogP contribution in [0.2, 0.25) is 15.1 Å². The summed E-state index contributed by atoms with van der Waals surface area (Å²) in [6.45, 7) is 0. The van der Waals surface area contributed by atoms with Crippen LogP contribution in [0.3, 0.4) is 0 Å². The molecule has 0 radical (unpaired) electrons. The topological polar surface area (TPSA) is 74.7 Å². The molecule has 170 valence electrons. The zero-order chi connectivity index (χ0) is 23.8. The number of rotatable bonds is 5. The highest BCUT2D eigenvalue weighted by Gasteiger charge is 2.44. The average Bonchev–Trinajstić information content (AvgIpc) is 2.79. The Bertz CT molecular complexity index is 1310. The van der Waals surface area contributed by atoms with Crippen LogP contribution in [0.25, 0.3) is 0 Å². The average molecular weight is 523 g/mol. The third kappa shape index (κ3) is 4.81. The Kier molecular flexibility index (Phi) is 6.84. The molecule has 0 spiro atoms. The maximum atomic E-state index is 14.0. The lowest BCUT2D eigenvalue weighted by molar-refractivity contribution is -0.133. The monoisotopic (exact) mass is 521 g/mol. The smallest absolute Gasteiger partial charge is 0.333 e. The Hall–Kier alpha value is -2.35. The van der Waals surface area contributed by atoms with Crippen LogP contribution in [0.1, 0.15) is 29.6 Å². The number of carbonyl (C=O) groups is 1. The van der Waals surface area contributed by atoms with Gasteiger partial charge in [-0.25, -0.2) is 13.2 Å². The van der Waals surface area contributed by atoms with Gasteiger partial charge in [-0.1, -0.05) is 65.1 Å². The SMILES string of the molecule is O=C(O)C1=CC[C@@H](c2ccc(Cl)cc2)N(S(=O)(=O)c2ccc(Cl)cc2)[C@H]1c1ccc(Cl)cc1. The van der Waals surface area contributed by atoms with Crippen LogP contribution in [0, 0.1) is 0 Å². The minimum Gasteiger partial charge on any atom is -0.478 e. The molecule has 0 bridgehead atoms. The molecule has 5 nitrogen and oxygen atoms in total. The fourth-order valence-electron chi connectivity index (χ4n) is 3.95. The Balaban J connectivity index is 1.96. The van der Waals surface area contributed by atoms with Gasteiger partial charge in [-0.15, -0.1) is 0 Å². The van der Waals surface area contributed by atoms with Crippen molar-refractivity contribution in [3.63, 3.8) is 0 Å². The Morgan fingerprint density at radius 2 is 1.24 bits per heavy atom. The largest absolute Gasteiger partial charge is 0.478 e. The second-order valence-electron chi connectivity index (χ2n) is 7.51. The van der Waals surface area contributed by atoms with E-state index >= 15 is 0 Å². The maximum Gasteiger partial charge on any atom is 0.333 e. The molecule has 3 aromatic carbocycles. The van der Waals surface area contributed by atoms with Crippen molar-refractivity contribution < 1.29 is 18.3 Å². The van der Waals surface area contributed by atoms with Crippen LogP contribution in [0.15, 0.2) is 89.3 Å². The Labute approximate surface area is 206 Å². The van der Waals surface area contributed by atoms with Gasteiger partial charge in [0.2, 0.25) is 10.0 Å². The molecule has 0 aliphatic carbocycles. The van der Waals surface area contributed by atoms with Crippen molar-refractivity contribution in [2.24, 2.45) is 0 Å². The zero-order valence-corrected chi connectivity index (χ0v) is 20.1. The molecule has 1 N–H and O–H groups in total. The number of carboxylic acid groups (broad SMARTS) is 1. The molecular weight excluding hydrogens is 505 g/mol. The van der Waals surface area contributed by atoms with Gasteiger partial charge in [0.05, 0.1) is 22.6 Å². The summed E-state index contributed by atoms with van der Waals surface area (Å²) in [5.41, 5.74) is 1.15. The number of hydrogen-bond acceptors (Lipinski definition) is 3. The molecule has 0 unspecified atom stereocenters. The minimum absolute atomic E-state index is 0.0106. The molecule has 9 heteroatoms. The van der Waals surface area contributed by atoms with Crippen molar-refractivity contribution in [1.29, 1.82) is 0 Å². The zero-order valence-electron chi connectivity index (χ0n) is 17.0. The predicted molar refractivity (Wildman–Crippen MR) is 129 cm³/mol. The van der Waals surface area contributed by atoms with E-state index in [4.69, 9.17) is 34.8 Å². The van der Waals surface area contributed by atoms with Gasteiger partial charge < -0.3 is 5.11 Å². The van der Waals surface area contributed by atoms with Gasteiger partial charge in [-0.3, -0.25) is 0 Å². The number of halogens is 3. The fourth-order valence-corrected chi connectivity index (χ4v) is 6.11. The number of carboxylic acids is 1. The van der Waals surface area contributed by atoms with E-state index in [0.29, 0.717) is 26.2 Å². The second-order valence-corrected chi connectivity index (χ2v) is 10.7. The molecule has 0 aromatic heterocycles. The fraction of sp³-hybridized carbons (Fsp3) is 0.125. The number of sulfonamides is 1. The van der Waals surface area contributed by atoms with E-state index < -0.39 is 28.1 Å². The normalized spacial score (nSPS) is 19.2. The Morgan fingerprint density at radius 3 is 1.73 bits per heavy atom. The van der Waals surface area contributed by atoms with E-state index in [0.717, 1.165) is 0 Å². The molecule has 1 aliphatic heterocycles. The number of hydrogen-bond donors (Lipinski definition) is 1. The molecule has 1 heterocycles. The van der Waals surface area contributed by atoms with Crippen LogP contribution in [-0.4, -0.2) is 23.8 Å². The highest BCUT2D eigenvalue weighted by molar-refractivity contribution is 7.89. The third-order valence-electron chi connectivity index (χ3n) is 5.49. The minimum atomic E-state index is -4.16. The summed E-state index contributed by atoms with van der Waals surface area (Å²) in [6, 6.07) is 17.4. The van der Waals surface area contributed by atoms with Gasteiger partial charge >= 0.3 is 5.97 Å². The third-order valence-corrected chi connectivity index (χ3v) is 8.14. The first-order chi connectivity index (χ1) is 15.7. The van der Waals surface area contributed by atoms with Crippen LogP contribution < -0.4 is 0 Å². The summed E-state index contributed by atoms with van der Waals surface area (Å²) in [5, 5.41) is 11.3. The van der Waals surface area contributed by atoms with Crippen LogP contribution >= 0.6 is 34.8 Å². The molecule has 0 saturated carbocycles. The first-order valence-corrected chi connectivity index (χ1v) is 12.5. The predicted octanol–water partition coefficient (Wildman–Crippen LogP) is 6.53. The first kappa shape index (κ1) is 23.8. The lowest BCUT2D eigenvalue weighted by Crippen LogP contribution is -2.42. The lowest BCUT2D eigenvalue weighted by Gasteiger charge is -2.40. The number of aliphatic carboxylic acids is 1. The van der Waals surface area contributed by atoms with Gasteiger partial charge in [0.1, 0.15) is 0 Å². The lowest BCUT2D eigenvalue weighted by atomic mass is 9.89. The molecule has 33 heavy (non-hydrogen) atoms. The van der Waals surface area contributed by atoms with Gasteiger partial charge in [0.25, 0.3) is 0 Å². The van der Waals surface area contributed by atoms with Crippen LogP contribution in [0.5, 0.6) is 0 Å². The van der Waals surface area contributed by atoms with E-state index in [2.05, 4.69) is 0 Å². The highest BCUT2D eigenvalue weighted by atomic mass is 35.5. The molecular formula is C24H18Cl3NO4S. The summed E-state index contributed by atoms with van der Waals surface area (Å²) >= 11 is 18.1. The van der Waals surface area contributed by atoms with Gasteiger partial charge in [-0.05, 0) is 66.1 Å². The van der Waals surface area contributed by atoms with Crippen molar-refractivity contribution in [2.75, 3.05) is 0 Å². The van der Waals surface area contributed by atoms with E-state index in [1.54, 1.807) is 54.6 Å². The van der Waals surface area contributed by atoms with E-state index in [9.17, 15) is 18.3 Å². The molecule has 4 rings (SSSR count). The molecule has 0 fully saturated rings. The first-order valence-electron chi connectivity index (χ1n) is 9.92. The standard InChI is InChI=1S/C24H18Cl3NO4S/c25-17-5-1-15(2-6-17)22-14-13-21(24(29)30)23(16-3-7-18(26)8-4-16)28(22)33(31,32)20-11-9-19(27)10-12-20/h1-13,22-23H,14H2,(H,29,30)/t22-,23-/m0/s1. The Morgan fingerprint density at radius 1 is 0.788 bits per heavy atom. The van der Waals surface area contributed by atoms with Gasteiger partial charge in [0.15, 0.2) is 0 Å². The molecule has 2 atom stereocenters. The van der Waals surface area contributed by atoms with Gasteiger partial charge in [-0.2, -0.15) is 4.31 Å². The molecule has 3 aromatic rings. The van der Waals surface area contributed by atoms with Crippen LogP contribution in [0.4, 0.5) is 0 Å². The second kappa shape index (κ2) is 9.49. The molecule has 1 aliphatic rings. The summed E-state index contributed by atoms with van der Waals surface area (Å²) < 4.78 is 29.2. The van der Waals surface area contributed by atoms with Crippen molar-refractivity contribution in [2.45, 2.75) is 23.4 Å². The summed E-state index contributed by atoms with van der Waals surface area (Å²) in [7, 11) is -4.16. The van der Waals surface area contributed by atoms with E-state index in [1.807, 2.05) is 0 Å². The maximum absolute atomic E-state index is 14.0. The number of benzene rings is 3. The quantitative estimate of drug-likeness (QED) is 0.413. The number of nitrogens with zero attached hydrogens (tertiary/aromatic N) is 1. The summed E-state index contributed by atoms with van der Waals surface area (Å²) in [6.07, 6.45) is 1.76. The van der Waals surface area contributed by atoms with Crippen molar-refractivity contribution in [3.05, 3.63) is 111 Å². The highest BCUT2D eigenvalue weighted by Crippen LogP contribution is 2.46.